The number of rotatable bonds is 3. The van der Waals surface area contributed by atoms with Crippen LogP contribution in [0.15, 0.2) is 0 Å². The fourth-order valence-electron chi connectivity index (χ4n) is 3.03. The largest absolute Gasteiger partial charge is 0.311 e. The highest BCUT2D eigenvalue weighted by Crippen LogP contribution is 2.73. The molecule has 0 aliphatic heterocycles. The van der Waals surface area contributed by atoms with E-state index in [1.165, 1.54) is 0 Å². The molecule has 0 saturated heterocycles. The standard InChI is InChI=1S/C13H22ClN3/c1-8(2)17-9(7-14)15-16-11(17)10-12(3,4)13(10,5)6/h8,10H,7H2,1-6H3. The first-order valence-corrected chi connectivity index (χ1v) is 6.78. The van der Waals surface area contributed by atoms with Crippen molar-refractivity contribution in [2.24, 2.45) is 10.8 Å². The number of hydrogen-bond donors (Lipinski definition) is 0. The van der Waals surface area contributed by atoms with Gasteiger partial charge in [0.2, 0.25) is 0 Å². The predicted molar refractivity (Wildman–Crippen MR) is 70.3 cm³/mol. The topological polar surface area (TPSA) is 30.7 Å². The van der Waals surface area contributed by atoms with Crippen molar-refractivity contribution in [3.63, 3.8) is 0 Å². The van der Waals surface area contributed by atoms with Gasteiger partial charge in [-0.05, 0) is 24.7 Å². The van der Waals surface area contributed by atoms with Crippen LogP contribution in [0, 0.1) is 10.8 Å². The zero-order valence-electron chi connectivity index (χ0n) is 11.6. The van der Waals surface area contributed by atoms with Crippen LogP contribution in [0.5, 0.6) is 0 Å². The molecule has 1 aliphatic carbocycles. The van der Waals surface area contributed by atoms with Crippen molar-refractivity contribution in [1.29, 1.82) is 0 Å². The molecule has 0 N–H and O–H groups in total. The van der Waals surface area contributed by atoms with Crippen molar-refractivity contribution >= 4 is 11.6 Å². The first-order chi connectivity index (χ1) is 7.75. The predicted octanol–water partition coefficient (Wildman–Crippen LogP) is 3.75. The molecule has 1 aliphatic rings. The van der Waals surface area contributed by atoms with Crippen LogP contribution in [0.1, 0.15) is 65.2 Å². The molecule has 1 heterocycles. The Labute approximate surface area is 109 Å². The minimum absolute atomic E-state index is 0.288. The maximum atomic E-state index is 5.93. The van der Waals surface area contributed by atoms with Crippen LogP contribution in [-0.4, -0.2) is 14.8 Å². The van der Waals surface area contributed by atoms with E-state index in [9.17, 15) is 0 Å². The molecule has 4 heteroatoms. The molecule has 0 unspecified atom stereocenters. The van der Waals surface area contributed by atoms with Crippen LogP contribution in [-0.2, 0) is 5.88 Å². The highest BCUT2D eigenvalue weighted by Gasteiger charge is 2.67. The first kappa shape index (κ1) is 12.9. The summed E-state index contributed by atoms with van der Waals surface area (Å²) in [4.78, 5) is 0. The Kier molecular flexibility index (Phi) is 2.81. The molecule has 2 rings (SSSR count). The monoisotopic (exact) mass is 255 g/mol. The molecule has 0 amide bonds. The van der Waals surface area contributed by atoms with Gasteiger partial charge in [0.15, 0.2) is 0 Å². The highest BCUT2D eigenvalue weighted by molar-refractivity contribution is 6.16. The summed E-state index contributed by atoms with van der Waals surface area (Å²) in [5, 5.41) is 8.62. The second-order valence-corrected chi connectivity index (χ2v) is 6.72. The van der Waals surface area contributed by atoms with Crippen molar-refractivity contribution < 1.29 is 0 Å². The van der Waals surface area contributed by atoms with E-state index in [4.69, 9.17) is 11.6 Å². The lowest BCUT2D eigenvalue weighted by Crippen LogP contribution is -2.10. The smallest absolute Gasteiger partial charge is 0.148 e. The second-order valence-electron chi connectivity index (χ2n) is 6.45. The molecule has 1 saturated carbocycles. The molecular formula is C13H22ClN3. The molecule has 17 heavy (non-hydrogen) atoms. The average molecular weight is 256 g/mol. The average Bonchev–Trinajstić information content (AvgIpc) is 2.57. The molecule has 1 aromatic rings. The number of aromatic nitrogens is 3. The Morgan fingerprint density at radius 2 is 1.71 bits per heavy atom. The lowest BCUT2D eigenvalue weighted by molar-refractivity contribution is 0.457. The first-order valence-electron chi connectivity index (χ1n) is 6.24. The summed E-state index contributed by atoms with van der Waals surface area (Å²) in [6.45, 7) is 13.5. The van der Waals surface area contributed by atoms with Gasteiger partial charge in [-0.1, -0.05) is 27.7 Å². The van der Waals surface area contributed by atoms with Gasteiger partial charge in [0.05, 0.1) is 5.88 Å². The number of alkyl halides is 1. The van der Waals surface area contributed by atoms with Gasteiger partial charge >= 0.3 is 0 Å². The maximum absolute atomic E-state index is 5.93. The third-order valence-electron chi connectivity index (χ3n) is 4.71. The fraction of sp³-hybridized carbons (Fsp3) is 0.846. The summed E-state index contributed by atoms with van der Waals surface area (Å²) < 4.78 is 2.20. The summed E-state index contributed by atoms with van der Waals surface area (Å²) in [6, 6.07) is 0.362. The Morgan fingerprint density at radius 1 is 1.18 bits per heavy atom. The zero-order chi connectivity index (χ0) is 13.0. The molecule has 0 radical (unpaired) electrons. The zero-order valence-corrected chi connectivity index (χ0v) is 12.3. The minimum Gasteiger partial charge on any atom is -0.311 e. The van der Waals surface area contributed by atoms with Gasteiger partial charge in [0.25, 0.3) is 0 Å². The van der Waals surface area contributed by atoms with Gasteiger partial charge in [-0.3, -0.25) is 0 Å². The Bertz CT molecular complexity index is 418. The Hall–Kier alpha value is -0.570. The third-order valence-corrected chi connectivity index (χ3v) is 4.95. The molecular weight excluding hydrogens is 234 g/mol. The second kappa shape index (κ2) is 3.71. The molecule has 96 valence electrons. The minimum atomic E-state index is 0.288. The van der Waals surface area contributed by atoms with Crippen LogP contribution in [0.3, 0.4) is 0 Å². The van der Waals surface area contributed by atoms with Crippen LogP contribution < -0.4 is 0 Å². The lowest BCUT2D eigenvalue weighted by atomic mass is 10.0. The number of nitrogens with zero attached hydrogens (tertiary/aromatic N) is 3. The molecule has 0 atom stereocenters. The normalized spacial score (nSPS) is 22.1. The maximum Gasteiger partial charge on any atom is 0.148 e. The van der Waals surface area contributed by atoms with Gasteiger partial charge in [-0.25, -0.2) is 0 Å². The van der Waals surface area contributed by atoms with Gasteiger partial charge in [0.1, 0.15) is 11.6 Å². The van der Waals surface area contributed by atoms with Crippen molar-refractivity contribution in [3.05, 3.63) is 11.6 Å². The molecule has 1 aromatic heterocycles. The van der Waals surface area contributed by atoms with Crippen molar-refractivity contribution in [1.82, 2.24) is 14.8 Å². The highest BCUT2D eigenvalue weighted by atomic mass is 35.5. The van der Waals surface area contributed by atoms with Gasteiger partial charge in [-0.2, -0.15) is 0 Å². The van der Waals surface area contributed by atoms with E-state index in [0.29, 0.717) is 17.8 Å². The van der Waals surface area contributed by atoms with Crippen LogP contribution in [0.4, 0.5) is 0 Å². The van der Waals surface area contributed by atoms with Crippen LogP contribution >= 0.6 is 11.6 Å². The van der Waals surface area contributed by atoms with E-state index < -0.39 is 0 Å². The Morgan fingerprint density at radius 3 is 2.06 bits per heavy atom. The van der Waals surface area contributed by atoms with Crippen LogP contribution in [0.25, 0.3) is 0 Å². The van der Waals surface area contributed by atoms with Crippen LogP contribution in [0.2, 0.25) is 0 Å². The summed E-state index contributed by atoms with van der Waals surface area (Å²) in [5.41, 5.74) is 0.576. The summed E-state index contributed by atoms with van der Waals surface area (Å²) in [7, 11) is 0. The molecule has 0 spiro atoms. The van der Waals surface area contributed by atoms with E-state index in [-0.39, 0.29) is 10.8 Å². The van der Waals surface area contributed by atoms with Gasteiger partial charge in [-0.15, -0.1) is 21.8 Å². The molecule has 1 fully saturated rings. The van der Waals surface area contributed by atoms with Gasteiger partial charge in [0, 0.05) is 12.0 Å². The van der Waals surface area contributed by atoms with E-state index in [1.807, 2.05) is 0 Å². The number of hydrogen-bond acceptors (Lipinski definition) is 2. The third kappa shape index (κ3) is 1.62. The summed E-state index contributed by atoms with van der Waals surface area (Å²) in [6.07, 6.45) is 0. The van der Waals surface area contributed by atoms with E-state index >= 15 is 0 Å². The summed E-state index contributed by atoms with van der Waals surface area (Å²) >= 11 is 5.93. The van der Waals surface area contributed by atoms with Crippen molar-refractivity contribution in [2.75, 3.05) is 0 Å². The van der Waals surface area contributed by atoms with E-state index in [2.05, 4.69) is 56.3 Å². The Balaban J connectivity index is 2.45. The van der Waals surface area contributed by atoms with Crippen molar-refractivity contribution in [2.45, 2.75) is 59.4 Å². The van der Waals surface area contributed by atoms with Gasteiger partial charge < -0.3 is 4.57 Å². The SMILES string of the molecule is CC(C)n1c(CCl)nnc1C1C(C)(C)C1(C)C. The molecule has 0 bridgehead atoms. The quantitative estimate of drug-likeness (QED) is 0.771. The molecule has 3 nitrogen and oxygen atoms in total. The molecule has 0 aromatic carbocycles. The number of halogens is 1. The fourth-order valence-corrected chi connectivity index (χ4v) is 3.21. The lowest BCUT2D eigenvalue weighted by Gasteiger charge is -2.13. The van der Waals surface area contributed by atoms with E-state index in [0.717, 1.165) is 11.6 Å². The van der Waals surface area contributed by atoms with E-state index in [1.54, 1.807) is 0 Å². The van der Waals surface area contributed by atoms with Crippen molar-refractivity contribution in [3.8, 4) is 0 Å². The summed E-state index contributed by atoms with van der Waals surface area (Å²) in [5.74, 6) is 2.89.